The molecule has 1 N–H and O–H groups in total. The van der Waals surface area contributed by atoms with Crippen LogP contribution in [-0.2, 0) is 9.47 Å². The standard InChI is InChI=1S/C11H17N3O3/c1-2-4-12-8(3-1)11-13-10(14-17-11)9-7-15-5-6-16-9/h8-9,12H,1-7H2. The van der Waals surface area contributed by atoms with E-state index in [1.54, 1.807) is 0 Å². The van der Waals surface area contributed by atoms with Gasteiger partial charge in [-0.05, 0) is 19.4 Å². The minimum Gasteiger partial charge on any atom is -0.376 e. The minimum absolute atomic E-state index is 0.176. The Morgan fingerprint density at radius 3 is 3.00 bits per heavy atom. The Labute approximate surface area is 99.7 Å². The Balaban J connectivity index is 1.68. The fourth-order valence-electron chi connectivity index (χ4n) is 2.22. The molecule has 2 aliphatic heterocycles. The third kappa shape index (κ3) is 2.48. The zero-order chi connectivity index (χ0) is 11.5. The molecular formula is C11H17N3O3. The molecule has 0 bridgehead atoms. The van der Waals surface area contributed by atoms with Gasteiger partial charge >= 0.3 is 0 Å². The van der Waals surface area contributed by atoms with Crippen LogP contribution in [0.4, 0.5) is 0 Å². The Bertz CT molecular complexity index is 324. The summed E-state index contributed by atoms with van der Waals surface area (Å²) in [7, 11) is 0. The van der Waals surface area contributed by atoms with E-state index in [2.05, 4.69) is 15.5 Å². The van der Waals surface area contributed by atoms with E-state index < -0.39 is 0 Å². The molecule has 3 heterocycles. The molecule has 17 heavy (non-hydrogen) atoms. The summed E-state index contributed by atoms with van der Waals surface area (Å²) in [4.78, 5) is 4.41. The van der Waals surface area contributed by atoms with Gasteiger partial charge < -0.3 is 19.3 Å². The molecule has 6 heteroatoms. The minimum atomic E-state index is -0.176. The lowest BCUT2D eigenvalue weighted by molar-refractivity contribution is -0.0941. The maximum atomic E-state index is 5.53. The predicted molar refractivity (Wildman–Crippen MR) is 58.4 cm³/mol. The first-order chi connectivity index (χ1) is 8.43. The van der Waals surface area contributed by atoms with Gasteiger partial charge in [0.25, 0.3) is 0 Å². The second-order valence-electron chi connectivity index (χ2n) is 4.43. The molecular weight excluding hydrogens is 222 g/mol. The molecule has 0 aliphatic carbocycles. The molecule has 1 aromatic rings. The normalized spacial score (nSPS) is 30.4. The number of aromatic nitrogens is 2. The smallest absolute Gasteiger partial charge is 0.243 e. The van der Waals surface area contributed by atoms with Crippen LogP contribution in [0.1, 0.15) is 43.1 Å². The van der Waals surface area contributed by atoms with E-state index in [0.717, 1.165) is 13.0 Å². The van der Waals surface area contributed by atoms with Crippen molar-refractivity contribution in [1.82, 2.24) is 15.5 Å². The van der Waals surface area contributed by atoms with Gasteiger partial charge in [0.2, 0.25) is 11.7 Å². The van der Waals surface area contributed by atoms with E-state index in [1.165, 1.54) is 12.8 Å². The fourth-order valence-corrected chi connectivity index (χ4v) is 2.22. The second-order valence-corrected chi connectivity index (χ2v) is 4.43. The van der Waals surface area contributed by atoms with Gasteiger partial charge in [-0.2, -0.15) is 4.98 Å². The van der Waals surface area contributed by atoms with Crippen LogP contribution in [0.25, 0.3) is 0 Å². The lowest BCUT2D eigenvalue weighted by Gasteiger charge is -2.20. The van der Waals surface area contributed by atoms with Crippen LogP contribution in [0.15, 0.2) is 4.52 Å². The first-order valence-corrected chi connectivity index (χ1v) is 6.20. The van der Waals surface area contributed by atoms with E-state index in [4.69, 9.17) is 14.0 Å². The number of ether oxygens (including phenoxy) is 2. The molecule has 6 nitrogen and oxygen atoms in total. The quantitative estimate of drug-likeness (QED) is 0.829. The van der Waals surface area contributed by atoms with Crippen molar-refractivity contribution < 1.29 is 14.0 Å². The first-order valence-electron chi connectivity index (χ1n) is 6.20. The first kappa shape index (κ1) is 11.1. The molecule has 0 amide bonds. The van der Waals surface area contributed by atoms with Crippen molar-refractivity contribution in [1.29, 1.82) is 0 Å². The molecule has 0 radical (unpaired) electrons. The Morgan fingerprint density at radius 2 is 2.24 bits per heavy atom. The van der Waals surface area contributed by atoms with Gasteiger partial charge in [0.05, 0.1) is 25.9 Å². The van der Waals surface area contributed by atoms with Gasteiger partial charge in [-0.3, -0.25) is 0 Å². The lowest BCUT2D eigenvalue weighted by Crippen LogP contribution is -2.27. The average Bonchev–Trinajstić information content (AvgIpc) is 2.90. The maximum absolute atomic E-state index is 5.53. The van der Waals surface area contributed by atoms with Crippen LogP contribution in [0.5, 0.6) is 0 Å². The van der Waals surface area contributed by atoms with E-state index >= 15 is 0 Å². The molecule has 94 valence electrons. The summed E-state index contributed by atoms with van der Waals surface area (Å²) in [5.74, 6) is 1.28. The molecule has 3 rings (SSSR count). The van der Waals surface area contributed by atoms with Crippen molar-refractivity contribution >= 4 is 0 Å². The SMILES string of the molecule is C1CCC(c2nc(C3COCCO3)no2)NC1. The Hall–Kier alpha value is -0.980. The van der Waals surface area contributed by atoms with Gasteiger partial charge in [-0.15, -0.1) is 0 Å². The summed E-state index contributed by atoms with van der Waals surface area (Å²) < 4.78 is 16.2. The van der Waals surface area contributed by atoms with Crippen LogP contribution in [0.3, 0.4) is 0 Å². The number of nitrogens with zero attached hydrogens (tertiary/aromatic N) is 2. The molecule has 2 aliphatic rings. The lowest BCUT2D eigenvalue weighted by atomic mass is 10.1. The predicted octanol–water partition coefficient (Wildman–Crippen LogP) is 0.972. The van der Waals surface area contributed by atoms with Crippen molar-refractivity contribution in [3.05, 3.63) is 11.7 Å². The van der Waals surface area contributed by atoms with Gasteiger partial charge in [-0.25, -0.2) is 0 Å². The summed E-state index contributed by atoms with van der Waals surface area (Å²) in [5.41, 5.74) is 0. The highest BCUT2D eigenvalue weighted by molar-refractivity contribution is 4.97. The van der Waals surface area contributed by atoms with Crippen molar-refractivity contribution in [2.24, 2.45) is 0 Å². The molecule has 0 spiro atoms. The Morgan fingerprint density at radius 1 is 1.24 bits per heavy atom. The van der Waals surface area contributed by atoms with Gasteiger partial charge in [0.15, 0.2) is 0 Å². The number of hydrogen-bond acceptors (Lipinski definition) is 6. The zero-order valence-corrected chi connectivity index (χ0v) is 9.72. The Kier molecular flexibility index (Phi) is 3.35. The molecule has 1 aromatic heterocycles. The van der Waals surface area contributed by atoms with E-state index in [1.807, 2.05) is 0 Å². The fraction of sp³-hybridized carbons (Fsp3) is 0.818. The zero-order valence-electron chi connectivity index (χ0n) is 9.72. The van der Waals surface area contributed by atoms with Crippen LogP contribution >= 0.6 is 0 Å². The number of rotatable bonds is 2. The summed E-state index contributed by atoms with van der Waals surface area (Å²) in [6.45, 7) is 2.77. The molecule has 2 fully saturated rings. The van der Waals surface area contributed by atoms with E-state index in [0.29, 0.717) is 31.5 Å². The topological polar surface area (TPSA) is 69.4 Å². The van der Waals surface area contributed by atoms with Crippen LogP contribution in [-0.4, -0.2) is 36.5 Å². The highest BCUT2D eigenvalue weighted by Crippen LogP contribution is 2.24. The molecule has 0 aromatic carbocycles. The molecule has 2 unspecified atom stereocenters. The van der Waals surface area contributed by atoms with Crippen LogP contribution < -0.4 is 5.32 Å². The molecule has 2 atom stereocenters. The third-order valence-corrected chi connectivity index (χ3v) is 3.17. The van der Waals surface area contributed by atoms with Crippen molar-refractivity contribution in [3.63, 3.8) is 0 Å². The summed E-state index contributed by atoms with van der Waals surface area (Å²) in [6, 6.07) is 0.203. The van der Waals surface area contributed by atoms with Crippen LogP contribution in [0.2, 0.25) is 0 Å². The number of hydrogen-bond donors (Lipinski definition) is 1. The monoisotopic (exact) mass is 239 g/mol. The van der Waals surface area contributed by atoms with E-state index in [-0.39, 0.29) is 12.1 Å². The van der Waals surface area contributed by atoms with Crippen molar-refractivity contribution in [2.75, 3.05) is 26.4 Å². The summed E-state index contributed by atoms with van der Waals surface area (Å²) in [5, 5.41) is 7.37. The highest BCUT2D eigenvalue weighted by Gasteiger charge is 2.26. The van der Waals surface area contributed by atoms with Gasteiger partial charge in [-0.1, -0.05) is 11.6 Å². The maximum Gasteiger partial charge on any atom is 0.243 e. The van der Waals surface area contributed by atoms with Gasteiger partial charge in [0, 0.05) is 0 Å². The molecule has 2 saturated heterocycles. The highest BCUT2D eigenvalue weighted by atomic mass is 16.6. The summed E-state index contributed by atoms with van der Waals surface area (Å²) in [6.07, 6.45) is 3.31. The van der Waals surface area contributed by atoms with Crippen molar-refractivity contribution in [3.8, 4) is 0 Å². The third-order valence-electron chi connectivity index (χ3n) is 3.17. The second kappa shape index (κ2) is 5.12. The number of nitrogens with one attached hydrogen (secondary N) is 1. The van der Waals surface area contributed by atoms with Crippen LogP contribution in [0, 0.1) is 0 Å². The largest absolute Gasteiger partial charge is 0.376 e. The number of piperidine rings is 1. The van der Waals surface area contributed by atoms with Gasteiger partial charge in [0.1, 0.15) is 6.10 Å². The molecule has 0 saturated carbocycles. The average molecular weight is 239 g/mol. The van der Waals surface area contributed by atoms with Crippen molar-refractivity contribution in [2.45, 2.75) is 31.4 Å². The summed E-state index contributed by atoms with van der Waals surface area (Å²) >= 11 is 0. The van der Waals surface area contributed by atoms with E-state index in [9.17, 15) is 0 Å².